The van der Waals surface area contributed by atoms with Crippen LogP contribution in [0.2, 0.25) is 0 Å². The monoisotopic (exact) mass is 306 g/mol. The molecule has 3 rings (SSSR count). The van der Waals surface area contributed by atoms with Gasteiger partial charge in [-0.15, -0.1) is 0 Å². The van der Waals surface area contributed by atoms with Gasteiger partial charge in [-0.3, -0.25) is 0 Å². The van der Waals surface area contributed by atoms with Gasteiger partial charge < -0.3 is 39.0 Å². The van der Waals surface area contributed by atoms with E-state index in [1.807, 2.05) is 6.92 Å². The number of rotatable bonds is 2. The molecule has 3 fully saturated rings. The summed E-state index contributed by atoms with van der Waals surface area (Å²) in [6.45, 7) is 1.44. The number of fused-ring (bicyclic) bond motifs is 2. The second-order valence-electron chi connectivity index (χ2n) is 5.69. The quantitative estimate of drug-likeness (QED) is 0.558. The minimum absolute atomic E-state index is 0.269. The summed E-state index contributed by atoms with van der Waals surface area (Å²) in [6, 6.07) is 0. The van der Waals surface area contributed by atoms with Gasteiger partial charge in [-0.2, -0.15) is 0 Å². The molecule has 0 aromatic rings. The van der Waals surface area contributed by atoms with Gasteiger partial charge in [-0.25, -0.2) is 0 Å². The second kappa shape index (κ2) is 6.05. The average Bonchev–Trinajstić information content (AvgIpc) is 2.49. The largest absolute Gasteiger partial charge is 0.394 e. The Morgan fingerprint density at radius 2 is 1.81 bits per heavy atom. The van der Waals surface area contributed by atoms with Crippen LogP contribution in [-0.4, -0.2) is 84.3 Å². The van der Waals surface area contributed by atoms with Crippen LogP contribution in [-0.2, 0) is 23.7 Å². The molecule has 3 N–H and O–H groups in total. The van der Waals surface area contributed by atoms with E-state index in [-0.39, 0.29) is 24.6 Å². The topological polar surface area (TPSA) is 107 Å². The highest BCUT2D eigenvalue weighted by Gasteiger charge is 2.54. The number of hydrogen-bond donors (Lipinski definition) is 3. The summed E-state index contributed by atoms with van der Waals surface area (Å²) in [5.41, 5.74) is 0. The second-order valence-corrected chi connectivity index (χ2v) is 5.69. The zero-order valence-electron chi connectivity index (χ0n) is 12.0. The third kappa shape index (κ3) is 2.71. The maximum atomic E-state index is 10.1. The highest BCUT2D eigenvalue weighted by molar-refractivity contribution is 4.96. The van der Waals surface area contributed by atoms with Crippen LogP contribution < -0.4 is 0 Å². The lowest BCUT2D eigenvalue weighted by Gasteiger charge is -2.51. The van der Waals surface area contributed by atoms with E-state index in [1.54, 1.807) is 7.11 Å². The van der Waals surface area contributed by atoms with E-state index >= 15 is 0 Å². The first-order chi connectivity index (χ1) is 10.0. The first-order valence-electron chi connectivity index (χ1n) is 7.16. The van der Waals surface area contributed by atoms with Crippen LogP contribution in [0.25, 0.3) is 0 Å². The lowest BCUT2D eigenvalue weighted by Crippen LogP contribution is -2.67. The summed E-state index contributed by atoms with van der Waals surface area (Å²) in [4.78, 5) is 0. The fourth-order valence-corrected chi connectivity index (χ4v) is 3.15. The molecular formula is C13H22O8. The summed E-state index contributed by atoms with van der Waals surface area (Å²) in [5.74, 6) is 0. The van der Waals surface area contributed by atoms with Gasteiger partial charge in [0.15, 0.2) is 12.6 Å². The van der Waals surface area contributed by atoms with Gasteiger partial charge in [-0.05, 0) is 6.92 Å². The Morgan fingerprint density at radius 1 is 1.05 bits per heavy atom. The molecule has 0 aromatic heterocycles. The van der Waals surface area contributed by atoms with Crippen molar-refractivity contribution in [1.29, 1.82) is 0 Å². The third-order valence-corrected chi connectivity index (χ3v) is 4.33. The molecule has 8 nitrogen and oxygen atoms in total. The molecule has 3 heterocycles. The van der Waals surface area contributed by atoms with Gasteiger partial charge in [0.25, 0.3) is 0 Å². The number of ether oxygens (including phenoxy) is 5. The van der Waals surface area contributed by atoms with Gasteiger partial charge in [-0.1, -0.05) is 0 Å². The maximum Gasteiger partial charge on any atom is 0.187 e. The number of methoxy groups -OCH3 is 1. The molecule has 0 saturated carbocycles. The van der Waals surface area contributed by atoms with Crippen LogP contribution in [0, 0.1) is 0 Å². The summed E-state index contributed by atoms with van der Waals surface area (Å²) < 4.78 is 28.0. The van der Waals surface area contributed by atoms with E-state index in [4.69, 9.17) is 23.7 Å². The Balaban J connectivity index is 1.74. The van der Waals surface area contributed by atoms with E-state index < -0.39 is 37.3 Å². The lowest BCUT2D eigenvalue weighted by atomic mass is 9.94. The van der Waals surface area contributed by atoms with Crippen molar-refractivity contribution in [3.05, 3.63) is 0 Å². The molecular weight excluding hydrogens is 284 g/mol. The molecule has 8 heteroatoms. The Kier molecular flexibility index (Phi) is 4.49. The first kappa shape index (κ1) is 15.6. The molecule has 3 aliphatic rings. The van der Waals surface area contributed by atoms with Crippen molar-refractivity contribution in [3.8, 4) is 0 Å². The number of aliphatic hydroxyl groups excluding tert-OH is 3. The molecule has 122 valence electrons. The van der Waals surface area contributed by atoms with Crippen molar-refractivity contribution in [2.24, 2.45) is 0 Å². The SMILES string of the molecule is CO[C@@H]1C[C@H]2O[C@@H]3O[C@H](CO)[C@@H](O)[C@H](O)[C@H]3O[C@@H]2[C@@H](C)O1. The molecule has 0 radical (unpaired) electrons. The van der Waals surface area contributed by atoms with Gasteiger partial charge in [0.05, 0.1) is 18.8 Å². The Hall–Kier alpha value is -0.320. The zero-order valence-corrected chi connectivity index (χ0v) is 12.0. The van der Waals surface area contributed by atoms with Crippen molar-refractivity contribution in [2.45, 2.75) is 68.7 Å². The zero-order chi connectivity index (χ0) is 15.1. The van der Waals surface area contributed by atoms with Crippen molar-refractivity contribution in [2.75, 3.05) is 13.7 Å². The van der Waals surface area contributed by atoms with Crippen molar-refractivity contribution < 1.29 is 39.0 Å². The smallest absolute Gasteiger partial charge is 0.187 e. The van der Waals surface area contributed by atoms with E-state index in [2.05, 4.69) is 0 Å². The molecule has 21 heavy (non-hydrogen) atoms. The van der Waals surface area contributed by atoms with E-state index in [0.717, 1.165) is 0 Å². The number of aliphatic hydroxyl groups is 3. The summed E-state index contributed by atoms with van der Waals surface area (Å²) in [6.07, 6.45) is -5.76. The summed E-state index contributed by atoms with van der Waals surface area (Å²) in [5, 5.41) is 29.2. The number of hydrogen-bond acceptors (Lipinski definition) is 8. The molecule has 3 saturated heterocycles. The minimum atomic E-state index is -1.22. The highest BCUT2D eigenvalue weighted by atomic mass is 16.8. The van der Waals surface area contributed by atoms with Crippen LogP contribution in [0.1, 0.15) is 13.3 Å². The molecule has 0 spiro atoms. The van der Waals surface area contributed by atoms with E-state index in [9.17, 15) is 15.3 Å². The molecule has 3 aliphatic heterocycles. The molecule has 0 unspecified atom stereocenters. The van der Waals surface area contributed by atoms with E-state index in [0.29, 0.717) is 6.42 Å². The predicted octanol–water partition coefficient (Wildman–Crippen LogP) is -1.64. The predicted molar refractivity (Wildman–Crippen MR) is 67.3 cm³/mol. The Labute approximate surface area is 122 Å². The van der Waals surface area contributed by atoms with Crippen molar-refractivity contribution >= 4 is 0 Å². The van der Waals surface area contributed by atoms with Gasteiger partial charge in [0.2, 0.25) is 0 Å². The van der Waals surface area contributed by atoms with Gasteiger partial charge in [0, 0.05) is 13.5 Å². The standard InChI is InChI=1S/C13H22O8/c1-5-11-6(3-8(17-2)18-5)19-13-12(21-11)10(16)9(15)7(4-14)20-13/h5-16H,3-4H2,1-2H3/t5-,6-,7-,8+,9-,10+,11-,12-,13-/m1/s1. The molecule has 0 aromatic carbocycles. The fraction of sp³-hybridized carbons (Fsp3) is 1.00. The van der Waals surface area contributed by atoms with Crippen molar-refractivity contribution in [3.63, 3.8) is 0 Å². The maximum absolute atomic E-state index is 10.1. The normalized spacial score (nSPS) is 53.9. The fourth-order valence-electron chi connectivity index (χ4n) is 3.15. The molecule has 0 aliphatic carbocycles. The molecule has 0 bridgehead atoms. The van der Waals surface area contributed by atoms with Gasteiger partial charge >= 0.3 is 0 Å². The average molecular weight is 306 g/mol. The van der Waals surface area contributed by atoms with Crippen LogP contribution in [0.4, 0.5) is 0 Å². The lowest BCUT2D eigenvalue weighted by molar-refractivity contribution is -0.394. The van der Waals surface area contributed by atoms with Crippen LogP contribution in [0.5, 0.6) is 0 Å². The van der Waals surface area contributed by atoms with Gasteiger partial charge in [0.1, 0.15) is 30.5 Å². The van der Waals surface area contributed by atoms with Crippen molar-refractivity contribution in [1.82, 2.24) is 0 Å². The first-order valence-corrected chi connectivity index (χ1v) is 7.16. The van der Waals surface area contributed by atoms with Crippen LogP contribution in [0.3, 0.4) is 0 Å². The summed E-state index contributed by atoms with van der Waals surface area (Å²) in [7, 11) is 1.56. The highest BCUT2D eigenvalue weighted by Crippen LogP contribution is 2.36. The van der Waals surface area contributed by atoms with E-state index in [1.165, 1.54) is 0 Å². The minimum Gasteiger partial charge on any atom is -0.394 e. The van der Waals surface area contributed by atoms with Crippen LogP contribution >= 0.6 is 0 Å². The summed E-state index contributed by atoms with van der Waals surface area (Å²) >= 11 is 0. The molecule has 9 atom stereocenters. The third-order valence-electron chi connectivity index (χ3n) is 4.33. The molecule has 0 amide bonds. The van der Waals surface area contributed by atoms with Crippen LogP contribution in [0.15, 0.2) is 0 Å². The Morgan fingerprint density at radius 3 is 2.48 bits per heavy atom. The Bertz CT molecular complexity index is 366.